The second-order valence-corrected chi connectivity index (χ2v) is 5.58. The summed E-state index contributed by atoms with van der Waals surface area (Å²) in [4.78, 5) is 12.8. The normalized spacial score (nSPS) is 19.2. The Labute approximate surface area is 110 Å². The summed E-state index contributed by atoms with van der Waals surface area (Å²) in [6.07, 6.45) is 2.51. The molecule has 0 bridgehead atoms. The average Bonchev–Trinajstić information content (AvgIpc) is 2.69. The topological polar surface area (TPSA) is 85.3 Å². The summed E-state index contributed by atoms with van der Waals surface area (Å²) in [7, 11) is 3.61. The Morgan fingerprint density at radius 1 is 1.44 bits per heavy atom. The molecule has 1 saturated heterocycles. The highest BCUT2D eigenvalue weighted by molar-refractivity contribution is 8.12. The number of hydrogen-bond acceptors (Lipinski definition) is 5. The molecule has 1 heterocycles. The van der Waals surface area contributed by atoms with Crippen molar-refractivity contribution in [1.29, 1.82) is 0 Å². The van der Waals surface area contributed by atoms with Crippen LogP contribution in [0.2, 0.25) is 0 Å². The highest BCUT2D eigenvalue weighted by atomic mass is 35.7. The van der Waals surface area contributed by atoms with E-state index in [0.29, 0.717) is 19.4 Å². The van der Waals surface area contributed by atoms with Crippen molar-refractivity contribution >= 4 is 31.7 Å². The summed E-state index contributed by atoms with van der Waals surface area (Å²) >= 11 is 0. The molecule has 0 aromatic heterocycles. The van der Waals surface area contributed by atoms with Gasteiger partial charge >= 0.3 is 15.2 Å². The van der Waals surface area contributed by atoms with Gasteiger partial charge in [0.1, 0.15) is 5.84 Å². The number of methoxy groups -OCH3 is 2. The molecule has 0 N–H and O–H groups in total. The largest absolute Gasteiger partial charge is 0.489 e. The molecule has 1 fully saturated rings. The summed E-state index contributed by atoms with van der Waals surface area (Å²) in [6.45, 7) is 0.523. The van der Waals surface area contributed by atoms with Crippen LogP contribution in [0.1, 0.15) is 12.8 Å². The molecule has 18 heavy (non-hydrogen) atoms. The van der Waals surface area contributed by atoms with E-state index in [0.717, 1.165) is 0 Å². The molecule has 0 unspecified atom stereocenters. The zero-order valence-corrected chi connectivity index (χ0v) is 11.5. The first-order chi connectivity index (χ1) is 8.37. The molecule has 0 radical (unpaired) electrons. The van der Waals surface area contributed by atoms with Gasteiger partial charge in [0.25, 0.3) is 0 Å². The van der Waals surface area contributed by atoms with Crippen molar-refractivity contribution in [2.24, 2.45) is 4.40 Å². The third-order valence-electron chi connectivity index (χ3n) is 2.22. The van der Waals surface area contributed by atoms with E-state index in [1.165, 1.54) is 25.3 Å². The fraction of sp³-hybridized carbons (Fsp3) is 0.556. The van der Waals surface area contributed by atoms with Gasteiger partial charge in [-0.2, -0.15) is 8.42 Å². The lowest BCUT2D eigenvalue weighted by molar-refractivity contribution is -0.139. The molecule has 102 valence electrons. The van der Waals surface area contributed by atoms with Crippen molar-refractivity contribution in [2.45, 2.75) is 12.8 Å². The fourth-order valence-corrected chi connectivity index (χ4v) is 2.16. The first-order valence-electron chi connectivity index (χ1n) is 5.01. The van der Waals surface area contributed by atoms with Crippen LogP contribution < -0.4 is 0 Å². The predicted octanol–water partition coefficient (Wildman–Crippen LogP) is 0.625. The Kier molecular flexibility index (Phi) is 4.97. The first-order valence-corrected chi connectivity index (χ1v) is 7.28. The Balaban J connectivity index is 2.98. The van der Waals surface area contributed by atoms with Crippen molar-refractivity contribution < 1.29 is 22.7 Å². The number of amidine groups is 1. The third-order valence-corrected chi connectivity index (χ3v) is 2.86. The van der Waals surface area contributed by atoms with E-state index in [4.69, 9.17) is 15.4 Å². The van der Waals surface area contributed by atoms with Crippen LogP contribution in [-0.4, -0.2) is 45.9 Å². The van der Waals surface area contributed by atoms with Gasteiger partial charge in [-0.1, -0.05) is 0 Å². The number of likely N-dealkylation sites (tertiary alicyclic amines) is 1. The number of nitrogens with zero attached hydrogens (tertiary/aromatic N) is 2. The second kappa shape index (κ2) is 6.05. The molecule has 0 amide bonds. The van der Waals surface area contributed by atoms with Crippen molar-refractivity contribution in [3.8, 4) is 0 Å². The van der Waals surface area contributed by atoms with Crippen molar-refractivity contribution in [1.82, 2.24) is 4.90 Å². The van der Waals surface area contributed by atoms with Crippen LogP contribution in [-0.2, 0) is 23.5 Å². The van der Waals surface area contributed by atoms with Crippen molar-refractivity contribution in [3.63, 3.8) is 0 Å². The second-order valence-electron chi connectivity index (χ2n) is 3.41. The van der Waals surface area contributed by atoms with Crippen LogP contribution in [0.5, 0.6) is 0 Å². The Morgan fingerprint density at radius 3 is 2.61 bits per heavy atom. The number of esters is 1. The average molecular weight is 297 g/mol. The van der Waals surface area contributed by atoms with E-state index in [1.807, 2.05) is 0 Å². The Morgan fingerprint density at radius 2 is 2.11 bits per heavy atom. The maximum Gasteiger partial charge on any atom is 0.374 e. The standard InChI is InChI=1S/C9H13ClN2O5S/c1-16-7(9(13)17-2)6-12-5-3-4-8(12)11-18(10,14)15/h6H,3-5H2,1-2H3/b7-6-,11-8?. The van der Waals surface area contributed by atoms with Crippen molar-refractivity contribution in [2.75, 3.05) is 20.8 Å². The maximum atomic E-state index is 11.3. The highest BCUT2D eigenvalue weighted by Crippen LogP contribution is 2.16. The smallest absolute Gasteiger partial charge is 0.374 e. The SMILES string of the molecule is COC(=O)/C(=C/N1CCCC1=NS(=O)(=O)Cl)OC. The molecule has 0 spiro atoms. The summed E-state index contributed by atoms with van der Waals surface area (Å²) in [5.74, 6) is -0.431. The van der Waals surface area contributed by atoms with E-state index in [9.17, 15) is 13.2 Å². The van der Waals surface area contributed by atoms with Crippen molar-refractivity contribution in [3.05, 3.63) is 12.0 Å². The summed E-state index contributed by atoms with van der Waals surface area (Å²) in [5, 5.41) is 0. The highest BCUT2D eigenvalue weighted by Gasteiger charge is 2.22. The van der Waals surface area contributed by atoms with Gasteiger partial charge in [-0.05, 0) is 6.42 Å². The molecule has 0 aliphatic carbocycles. The van der Waals surface area contributed by atoms with Gasteiger partial charge in [-0.15, -0.1) is 4.40 Å². The van der Waals surface area contributed by atoms with E-state index in [-0.39, 0.29) is 11.6 Å². The quantitative estimate of drug-likeness (QED) is 0.327. The Hall–Kier alpha value is -1.28. The fourth-order valence-electron chi connectivity index (χ4n) is 1.47. The molecule has 0 aromatic carbocycles. The molecule has 1 rings (SSSR count). The number of carbonyl (C=O) groups excluding carboxylic acids is 1. The molecule has 0 saturated carbocycles. The lowest BCUT2D eigenvalue weighted by Gasteiger charge is -2.14. The van der Waals surface area contributed by atoms with Crippen LogP contribution in [0.25, 0.3) is 0 Å². The van der Waals surface area contributed by atoms with E-state index in [2.05, 4.69) is 9.13 Å². The number of ether oxygens (including phenoxy) is 2. The maximum absolute atomic E-state index is 11.3. The molecule has 1 aliphatic rings. The molecule has 7 nitrogen and oxygen atoms in total. The number of hydrogen-bond donors (Lipinski definition) is 0. The number of carbonyl (C=O) groups is 1. The third kappa shape index (κ3) is 4.19. The minimum absolute atomic E-state index is 0.0425. The number of rotatable bonds is 4. The van der Waals surface area contributed by atoms with Gasteiger partial charge in [-0.25, -0.2) is 4.79 Å². The van der Waals surface area contributed by atoms with E-state index < -0.39 is 15.2 Å². The van der Waals surface area contributed by atoms with Gasteiger partial charge in [0.05, 0.1) is 20.4 Å². The van der Waals surface area contributed by atoms with Crippen LogP contribution in [0.4, 0.5) is 0 Å². The summed E-state index contributed by atoms with van der Waals surface area (Å²) < 4.78 is 34.5. The zero-order chi connectivity index (χ0) is 13.8. The van der Waals surface area contributed by atoms with Crippen LogP contribution >= 0.6 is 10.7 Å². The van der Waals surface area contributed by atoms with Gasteiger partial charge in [0.2, 0.25) is 5.76 Å². The lowest BCUT2D eigenvalue weighted by Crippen LogP contribution is -2.22. The van der Waals surface area contributed by atoms with Crippen LogP contribution in [0.3, 0.4) is 0 Å². The molecular weight excluding hydrogens is 284 g/mol. The van der Waals surface area contributed by atoms with Crippen LogP contribution in [0, 0.1) is 0 Å². The molecular formula is C9H13ClN2O5S. The summed E-state index contributed by atoms with van der Waals surface area (Å²) in [5.41, 5.74) is 0. The minimum Gasteiger partial charge on any atom is -0.489 e. The van der Waals surface area contributed by atoms with E-state index in [1.54, 1.807) is 0 Å². The molecule has 1 aliphatic heterocycles. The van der Waals surface area contributed by atoms with Gasteiger partial charge in [-0.3, -0.25) is 0 Å². The summed E-state index contributed by atoms with van der Waals surface area (Å²) in [6, 6.07) is 0. The zero-order valence-electron chi connectivity index (χ0n) is 9.92. The molecule has 9 heteroatoms. The number of halogens is 1. The first kappa shape index (κ1) is 14.8. The predicted molar refractivity (Wildman–Crippen MR) is 65.3 cm³/mol. The monoisotopic (exact) mass is 296 g/mol. The molecule has 0 aromatic rings. The van der Waals surface area contributed by atoms with Crippen LogP contribution in [0.15, 0.2) is 16.4 Å². The van der Waals surface area contributed by atoms with Gasteiger partial charge < -0.3 is 14.4 Å². The molecule has 0 atom stereocenters. The van der Waals surface area contributed by atoms with Gasteiger partial charge in [0.15, 0.2) is 0 Å². The minimum atomic E-state index is -3.98. The Bertz CT molecular complexity index is 485. The lowest BCUT2D eigenvalue weighted by atomic mass is 10.4. The van der Waals surface area contributed by atoms with E-state index >= 15 is 0 Å². The van der Waals surface area contributed by atoms with Gasteiger partial charge in [0, 0.05) is 23.6 Å².